The molecule has 5 nitrogen and oxygen atoms in total. The number of fused-ring (bicyclic) bond motifs is 1. The summed E-state index contributed by atoms with van der Waals surface area (Å²) < 4.78 is 13.8. The van der Waals surface area contributed by atoms with Gasteiger partial charge in [-0.15, -0.1) is 0 Å². The number of aromatic nitrogens is 2. The maximum atomic E-state index is 13.8. The summed E-state index contributed by atoms with van der Waals surface area (Å²) in [7, 11) is 0. The lowest BCUT2D eigenvalue weighted by Crippen LogP contribution is -2.50. The van der Waals surface area contributed by atoms with Gasteiger partial charge in [-0.25, -0.2) is 4.39 Å². The molecule has 1 unspecified atom stereocenters. The molecule has 1 aromatic heterocycles. The Morgan fingerprint density at radius 1 is 1.27 bits per heavy atom. The van der Waals surface area contributed by atoms with E-state index in [0.717, 1.165) is 12.8 Å². The molecule has 2 N–H and O–H groups in total. The monoisotopic (exact) mass is 359 g/mol. The van der Waals surface area contributed by atoms with Crippen LogP contribution in [-0.4, -0.2) is 22.1 Å². The van der Waals surface area contributed by atoms with Gasteiger partial charge < -0.3 is 5.32 Å². The van der Waals surface area contributed by atoms with Crippen LogP contribution in [0.1, 0.15) is 63.4 Å². The van der Waals surface area contributed by atoms with Gasteiger partial charge in [0, 0.05) is 6.04 Å². The van der Waals surface area contributed by atoms with Crippen LogP contribution in [0.3, 0.4) is 0 Å². The third-order valence-electron chi connectivity index (χ3n) is 5.31. The molecule has 0 radical (unpaired) electrons. The van der Waals surface area contributed by atoms with Gasteiger partial charge in [0.25, 0.3) is 5.91 Å². The quantitative estimate of drug-likeness (QED) is 0.875. The summed E-state index contributed by atoms with van der Waals surface area (Å²) in [6.07, 6.45) is 5.73. The Hall–Kier alpha value is -2.24. The second-order valence-corrected chi connectivity index (χ2v) is 8.28. The first-order valence-corrected chi connectivity index (χ1v) is 9.27. The van der Waals surface area contributed by atoms with Crippen molar-refractivity contribution in [2.45, 2.75) is 58.9 Å². The Balaban J connectivity index is 1.91. The molecule has 1 fully saturated rings. The number of rotatable bonds is 3. The lowest BCUT2D eigenvalue weighted by Gasteiger charge is -2.39. The topological polar surface area (TPSA) is 74.8 Å². The smallest absolute Gasteiger partial charge is 0.276 e. The van der Waals surface area contributed by atoms with Crippen molar-refractivity contribution in [3.8, 4) is 0 Å². The van der Waals surface area contributed by atoms with E-state index in [4.69, 9.17) is 0 Å². The van der Waals surface area contributed by atoms with Crippen LogP contribution in [0.15, 0.2) is 23.0 Å². The van der Waals surface area contributed by atoms with Crippen molar-refractivity contribution in [2.24, 2.45) is 11.3 Å². The molecular weight excluding hydrogens is 333 g/mol. The fourth-order valence-corrected chi connectivity index (χ4v) is 3.99. The van der Waals surface area contributed by atoms with E-state index in [0.29, 0.717) is 5.92 Å². The van der Waals surface area contributed by atoms with Crippen molar-refractivity contribution in [1.82, 2.24) is 15.5 Å². The van der Waals surface area contributed by atoms with Gasteiger partial charge in [-0.05, 0) is 36.3 Å². The molecule has 140 valence electrons. The molecule has 2 aromatic rings. The lowest BCUT2D eigenvalue weighted by molar-refractivity contribution is 0.0826. The fraction of sp³-hybridized carbons (Fsp3) is 0.550. The molecule has 0 saturated heterocycles. The molecule has 0 spiro atoms. The molecule has 0 bridgehead atoms. The molecular formula is C20H26FN3O2. The highest BCUT2D eigenvalue weighted by molar-refractivity contribution is 5.95. The number of H-pyrrole nitrogens is 1. The summed E-state index contributed by atoms with van der Waals surface area (Å²) in [6, 6.07) is 4.16. The number of carbonyl (C=O) groups is 1. The molecule has 1 aromatic carbocycles. The number of halogens is 1. The van der Waals surface area contributed by atoms with E-state index >= 15 is 0 Å². The number of amides is 1. The Labute approximate surface area is 152 Å². The minimum atomic E-state index is -0.561. The van der Waals surface area contributed by atoms with Gasteiger partial charge in [0.2, 0.25) is 5.43 Å². The van der Waals surface area contributed by atoms with Gasteiger partial charge in [0.15, 0.2) is 5.69 Å². The third kappa shape index (κ3) is 3.64. The van der Waals surface area contributed by atoms with Crippen LogP contribution in [-0.2, 0) is 0 Å². The van der Waals surface area contributed by atoms with Crippen LogP contribution in [0.2, 0.25) is 0 Å². The Bertz CT molecular complexity index is 863. The summed E-state index contributed by atoms with van der Waals surface area (Å²) in [5.74, 6) is -0.665. The van der Waals surface area contributed by atoms with Crippen LogP contribution in [0, 0.1) is 17.2 Å². The minimum absolute atomic E-state index is 0.0219. The van der Waals surface area contributed by atoms with Crippen molar-refractivity contribution < 1.29 is 9.18 Å². The Morgan fingerprint density at radius 3 is 2.62 bits per heavy atom. The van der Waals surface area contributed by atoms with E-state index in [1.54, 1.807) is 0 Å². The molecule has 1 amide bonds. The number of nitrogens with one attached hydrogen (secondary N) is 2. The van der Waals surface area contributed by atoms with Gasteiger partial charge in [-0.3, -0.25) is 14.7 Å². The number of para-hydroxylation sites is 1. The normalized spacial score (nSPS) is 17.2. The maximum absolute atomic E-state index is 13.8. The first-order chi connectivity index (χ1) is 12.3. The predicted molar refractivity (Wildman–Crippen MR) is 99.6 cm³/mol. The van der Waals surface area contributed by atoms with Crippen LogP contribution in [0.4, 0.5) is 4.39 Å². The molecule has 1 saturated carbocycles. The van der Waals surface area contributed by atoms with Gasteiger partial charge >= 0.3 is 0 Å². The van der Waals surface area contributed by atoms with E-state index in [1.165, 1.54) is 37.5 Å². The number of hydrogen-bond donors (Lipinski definition) is 2. The molecule has 1 atom stereocenters. The summed E-state index contributed by atoms with van der Waals surface area (Å²) >= 11 is 0. The second-order valence-electron chi connectivity index (χ2n) is 8.28. The zero-order valence-corrected chi connectivity index (χ0v) is 15.6. The number of nitrogens with zero attached hydrogens (tertiary/aromatic N) is 1. The predicted octanol–water partition coefficient (Wildman–Crippen LogP) is 3.79. The molecule has 3 rings (SSSR count). The summed E-state index contributed by atoms with van der Waals surface area (Å²) in [5.41, 5.74) is -0.873. The SMILES string of the molecule is CC(C)(C)C(NC(=O)c1n[nH]c2c(F)cccc2c1=O)C1CCCCC1. The number of aromatic amines is 1. The van der Waals surface area contributed by atoms with E-state index in [2.05, 4.69) is 36.3 Å². The Kier molecular flexibility index (Phi) is 5.12. The number of hydrogen-bond acceptors (Lipinski definition) is 3. The molecule has 6 heteroatoms. The zero-order chi connectivity index (χ0) is 18.9. The van der Waals surface area contributed by atoms with E-state index < -0.39 is 17.2 Å². The highest BCUT2D eigenvalue weighted by atomic mass is 19.1. The largest absolute Gasteiger partial charge is 0.347 e. The second kappa shape index (κ2) is 7.17. The van der Waals surface area contributed by atoms with Gasteiger partial charge in [-0.1, -0.05) is 46.1 Å². The molecule has 26 heavy (non-hydrogen) atoms. The van der Waals surface area contributed by atoms with Crippen LogP contribution in [0.25, 0.3) is 10.9 Å². The maximum Gasteiger partial charge on any atom is 0.276 e. The molecule has 1 aliphatic rings. The minimum Gasteiger partial charge on any atom is -0.347 e. The highest BCUT2D eigenvalue weighted by Crippen LogP contribution is 2.34. The van der Waals surface area contributed by atoms with Gasteiger partial charge in [0.05, 0.1) is 5.39 Å². The molecule has 0 aliphatic heterocycles. The van der Waals surface area contributed by atoms with Crippen LogP contribution >= 0.6 is 0 Å². The summed E-state index contributed by atoms with van der Waals surface area (Å²) in [6.45, 7) is 6.29. The van der Waals surface area contributed by atoms with E-state index in [1.807, 2.05) is 0 Å². The lowest BCUT2D eigenvalue weighted by atomic mass is 9.73. The molecule has 1 aliphatic carbocycles. The fourth-order valence-electron chi connectivity index (χ4n) is 3.99. The summed E-state index contributed by atoms with van der Waals surface area (Å²) in [5, 5.41) is 9.56. The van der Waals surface area contributed by atoms with Crippen molar-refractivity contribution in [2.75, 3.05) is 0 Å². The van der Waals surface area contributed by atoms with Crippen molar-refractivity contribution in [3.05, 3.63) is 39.9 Å². The first kappa shape index (κ1) is 18.5. The van der Waals surface area contributed by atoms with Gasteiger partial charge in [0.1, 0.15) is 11.3 Å². The number of carbonyl (C=O) groups excluding carboxylic acids is 1. The Morgan fingerprint density at radius 2 is 1.96 bits per heavy atom. The first-order valence-electron chi connectivity index (χ1n) is 9.27. The zero-order valence-electron chi connectivity index (χ0n) is 15.6. The third-order valence-corrected chi connectivity index (χ3v) is 5.31. The molecule has 1 heterocycles. The van der Waals surface area contributed by atoms with Gasteiger partial charge in [-0.2, -0.15) is 5.10 Å². The summed E-state index contributed by atoms with van der Waals surface area (Å²) in [4.78, 5) is 25.4. The van der Waals surface area contributed by atoms with Crippen molar-refractivity contribution >= 4 is 16.8 Å². The highest BCUT2D eigenvalue weighted by Gasteiger charge is 2.35. The van der Waals surface area contributed by atoms with E-state index in [9.17, 15) is 14.0 Å². The standard InChI is InChI=1S/C20H26FN3O2/c1-20(2,3)18(12-8-5-4-6-9-12)22-19(26)16-17(25)13-10-7-11-14(21)15(13)23-24-16/h7,10-12,18H,4-6,8-9H2,1-3H3,(H,22,26)(H,23,25). The van der Waals surface area contributed by atoms with E-state index in [-0.39, 0.29) is 28.1 Å². The van der Waals surface area contributed by atoms with Crippen LogP contribution in [0.5, 0.6) is 0 Å². The van der Waals surface area contributed by atoms with Crippen LogP contribution < -0.4 is 10.7 Å². The van der Waals surface area contributed by atoms with Crippen molar-refractivity contribution in [3.63, 3.8) is 0 Å². The average molecular weight is 359 g/mol. The number of benzene rings is 1. The van der Waals surface area contributed by atoms with Crippen molar-refractivity contribution in [1.29, 1.82) is 0 Å². The average Bonchev–Trinajstić information content (AvgIpc) is 2.60.